The molecule has 4 rings (SSSR count). The van der Waals surface area contributed by atoms with E-state index in [1.54, 1.807) is 30.3 Å². The maximum Gasteiger partial charge on any atom is 0.268 e. The van der Waals surface area contributed by atoms with Crippen molar-refractivity contribution in [3.63, 3.8) is 0 Å². The molecule has 0 radical (unpaired) electrons. The average molecular weight is 368 g/mol. The molecule has 0 spiro atoms. The van der Waals surface area contributed by atoms with E-state index >= 15 is 0 Å². The lowest BCUT2D eigenvalue weighted by atomic mass is 9.96. The van der Waals surface area contributed by atoms with E-state index in [0.717, 1.165) is 17.5 Å². The number of hydrogen-bond acceptors (Lipinski definition) is 4. The number of hydrogen-bond donors (Lipinski definition) is 0. The fraction of sp³-hybridized carbons (Fsp3) is 0.250. The minimum absolute atomic E-state index is 0.0548. The zero-order chi connectivity index (χ0) is 18.5. The molecule has 1 aliphatic rings. The minimum atomic E-state index is -3.82. The minimum Gasteiger partial charge on any atom is -0.298 e. The van der Waals surface area contributed by atoms with E-state index in [9.17, 15) is 13.2 Å². The van der Waals surface area contributed by atoms with Gasteiger partial charge in [0.15, 0.2) is 5.78 Å². The zero-order valence-electron chi connectivity index (χ0n) is 14.7. The van der Waals surface area contributed by atoms with Gasteiger partial charge < -0.3 is 0 Å². The van der Waals surface area contributed by atoms with Gasteiger partial charge in [0.2, 0.25) is 0 Å². The number of nitrogens with zero attached hydrogens (tertiary/aromatic N) is 2. The third kappa shape index (κ3) is 2.40. The second kappa shape index (κ2) is 6.07. The summed E-state index contributed by atoms with van der Waals surface area (Å²) in [4.78, 5) is 14.6. The molecule has 0 N–H and O–H groups in total. The number of aromatic nitrogens is 1. The monoisotopic (exact) mass is 368 g/mol. The molecule has 0 fully saturated rings. The van der Waals surface area contributed by atoms with Crippen LogP contribution in [-0.2, 0) is 21.2 Å². The first kappa shape index (κ1) is 17.0. The molecule has 0 bridgehead atoms. The van der Waals surface area contributed by atoms with E-state index < -0.39 is 16.1 Å². The second-order valence-electron chi connectivity index (χ2n) is 6.71. The number of carbonyl (C=O) groups is 1. The van der Waals surface area contributed by atoms with Crippen LogP contribution in [0.2, 0.25) is 0 Å². The number of carbonyl (C=O) groups excluding carboxylic acids is 1. The van der Waals surface area contributed by atoms with Gasteiger partial charge in [-0.15, -0.1) is 0 Å². The van der Waals surface area contributed by atoms with Crippen molar-refractivity contribution in [1.82, 2.24) is 8.87 Å². The van der Waals surface area contributed by atoms with Gasteiger partial charge in [0.1, 0.15) is 6.04 Å². The molecule has 2 aromatic carbocycles. The second-order valence-corrected chi connectivity index (χ2v) is 8.49. The highest BCUT2D eigenvalue weighted by molar-refractivity contribution is 7.90. The zero-order valence-corrected chi connectivity index (χ0v) is 15.5. The third-order valence-electron chi connectivity index (χ3n) is 5.06. The highest BCUT2D eigenvalue weighted by Gasteiger charge is 2.37. The maximum absolute atomic E-state index is 13.5. The van der Waals surface area contributed by atoms with Crippen LogP contribution < -0.4 is 0 Å². The van der Waals surface area contributed by atoms with Crippen molar-refractivity contribution in [1.29, 1.82) is 0 Å². The SMILES string of the molecule is CC(=O)C1c2c(c3ccccc3n2S(=O)(=O)c2ccccc2)CCN1C. The van der Waals surface area contributed by atoms with Crippen molar-refractivity contribution in [2.24, 2.45) is 0 Å². The normalized spacial score (nSPS) is 18.0. The van der Waals surface area contributed by atoms with Gasteiger partial charge in [-0.1, -0.05) is 36.4 Å². The summed E-state index contributed by atoms with van der Waals surface area (Å²) in [5.41, 5.74) is 2.16. The number of benzene rings is 2. The molecule has 3 aromatic rings. The van der Waals surface area contributed by atoms with Crippen LogP contribution in [0.4, 0.5) is 0 Å². The van der Waals surface area contributed by atoms with Crippen molar-refractivity contribution in [3.8, 4) is 0 Å². The summed E-state index contributed by atoms with van der Waals surface area (Å²) in [7, 11) is -1.95. The Morgan fingerprint density at radius 2 is 1.69 bits per heavy atom. The summed E-state index contributed by atoms with van der Waals surface area (Å²) in [6, 6.07) is 15.3. The van der Waals surface area contributed by atoms with E-state index in [1.807, 2.05) is 36.2 Å². The van der Waals surface area contributed by atoms with E-state index in [0.29, 0.717) is 17.6 Å². The topological polar surface area (TPSA) is 59.4 Å². The van der Waals surface area contributed by atoms with Crippen LogP contribution in [0.25, 0.3) is 10.9 Å². The fourth-order valence-electron chi connectivity index (χ4n) is 3.92. The summed E-state index contributed by atoms with van der Waals surface area (Å²) in [6.45, 7) is 2.24. The van der Waals surface area contributed by atoms with E-state index in [2.05, 4.69) is 0 Å². The molecule has 0 amide bonds. The first-order valence-electron chi connectivity index (χ1n) is 8.56. The Morgan fingerprint density at radius 3 is 2.38 bits per heavy atom. The molecule has 134 valence electrons. The lowest BCUT2D eigenvalue weighted by Gasteiger charge is -2.32. The Morgan fingerprint density at radius 1 is 1.04 bits per heavy atom. The fourth-order valence-corrected chi connectivity index (χ4v) is 5.52. The van der Waals surface area contributed by atoms with Crippen LogP contribution in [0.5, 0.6) is 0 Å². The first-order chi connectivity index (χ1) is 12.4. The van der Waals surface area contributed by atoms with Crippen molar-refractivity contribution < 1.29 is 13.2 Å². The Labute approximate surface area is 152 Å². The van der Waals surface area contributed by atoms with Gasteiger partial charge in [-0.05, 0) is 44.2 Å². The maximum atomic E-state index is 13.5. The third-order valence-corrected chi connectivity index (χ3v) is 6.80. The molecule has 1 unspecified atom stereocenters. The smallest absolute Gasteiger partial charge is 0.268 e. The molecule has 2 heterocycles. The predicted octanol–water partition coefficient (Wildman–Crippen LogP) is 3.00. The van der Waals surface area contributed by atoms with Crippen molar-refractivity contribution in [3.05, 3.63) is 65.9 Å². The highest BCUT2D eigenvalue weighted by Crippen LogP contribution is 2.39. The summed E-state index contributed by atoms with van der Waals surface area (Å²) in [5.74, 6) is -0.0548. The van der Waals surface area contributed by atoms with Gasteiger partial charge in [0.25, 0.3) is 10.0 Å². The summed E-state index contributed by atoms with van der Waals surface area (Å²) >= 11 is 0. The van der Waals surface area contributed by atoms with Gasteiger partial charge in [-0.2, -0.15) is 0 Å². The lowest BCUT2D eigenvalue weighted by Crippen LogP contribution is -2.38. The Hall–Kier alpha value is -2.44. The highest BCUT2D eigenvalue weighted by atomic mass is 32.2. The molecule has 1 aliphatic heterocycles. The number of Topliss-reactive ketones (excluding diaryl/α,β-unsaturated/α-hetero) is 1. The molecule has 5 nitrogen and oxygen atoms in total. The lowest BCUT2D eigenvalue weighted by molar-refractivity contribution is -0.122. The van der Waals surface area contributed by atoms with Gasteiger partial charge in [-0.25, -0.2) is 12.4 Å². The van der Waals surface area contributed by atoms with E-state index in [4.69, 9.17) is 0 Å². The van der Waals surface area contributed by atoms with Crippen LogP contribution in [0.1, 0.15) is 24.2 Å². The van der Waals surface area contributed by atoms with Crippen LogP contribution >= 0.6 is 0 Å². The molecule has 1 aromatic heterocycles. The molecule has 0 saturated heterocycles. The number of fused-ring (bicyclic) bond motifs is 3. The molecule has 1 atom stereocenters. The van der Waals surface area contributed by atoms with Crippen molar-refractivity contribution in [2.75, 3.05) is 13.6 Å². The van der Waals surface area contributed by atoms with Crippen LogP contribution in [0, 0.1) is 0 Å². The molecule has 0 saturated carbocycles. The Kier molecular flexibility index (Phi) is 3.97. The first-order valence-corrected chi connectivity index (χ1v) is 10.0. The average Bonchev–Trinajstić information content (AvgIpc) is 2.96. The number of para-hydroxylation sites is 1. The number of rotatable bonds is 3. The molecular weight excluding hydrogens is 348 g/mol. The number of likely N-dealkylation sites (N-methyl/N-ethyl adjacent to an activating group) is 1. The quantitative estimate of drug-likeness (QED) is 0.713. The van der Waals surface area contributed by atoms with Crippen molar-refractivity contribution >= 4 is 26.7 Å². The van der Waals surface area contributed by atoms with Crippen LogP contribution in [0.15, 0.2) is 59.5 Å². The Bertz CT molecular complexity index is 1100. The van der Waals surface area contributed by atoms with Crippen LogP contribution in [0.3, 0.4) is 0 Å². The van der Waals surface area contributed by atoms with E-state index in [1.165, 1.54) is 10.9 Å². The van der Waals surface area contributed by atoms with Crippen LogP contribution in [-0.4, -0.2) is 36.7 Å². The number of ketones is 1. The molecular formula is C20H20N2O3S. The molecule has 0 aliphatic carbocycles. The summed E-state index contributed by atoms with van der Waals surface area (Å²) in [6.07, 6.45) is 0.716. The summed E-state index contributed by atoms with van der Waals surface area (Å²) < 4.78 is 28.4. The summed E-state index contributed by atoms with van der Waals surface area (Å²) in [5, 5.41) is 0.904. The van der Waals surface area contributed by atoms with Gasteiger partial charge in [0, 0.05) is 11.9 Å². The van der Waals surface area contributed by atoms with Gasteiger partial charge >= 0.3 is 0 Å². The predicted molar refractivity (Wildman–Crippen MR) is 101 cm³/mol. The molecule has 26 heavy (non-hydrogen) atoms. The van der Waals surface area contributed by atoms with Gasteiger partial charge in [-0.3, -0.25) is 9.69 Å². The van der Waals surface area contributed by atoms with Gasteiger partial charge in [0.05, 0.1) is 16.1 Å². The Balaban J connectivity index is 2.12. The van der Waals surface area contributed by atoms with Crippen molar-refractivity contribution in [2.45, 2.75) is 24.3 Å². The van der Waals surface area contributed by atoms with E-state index in [-0.39, 0.29) is 10.7 Å². The molecule has 6 heteroatoms. The standard InChI is InChI=1S/C20H20N2O3S/c1-14(23)19-20-17(12-13-21(19)2)16-10-6-7-11-18(16)22(20)26(24,25)15-8-4-3-5-9-15/h3-11,19H,12-13H2,1-2H3. The largest absolute Gasteiger partial charge is 0.298 e.